The van der Waals surface area contributed by atoms with E-state index in [9.17, 15) is 4.21 Å². The fourth-order valence-corrected chi connectivity index (χ4v) is 4.17. The number of nitrogens with zero attached hydrogens (tertiary/aromatic N) is 2. The maximum atomic E-state index is 12.3. The number of likely N-dealkylation sites (tertiary alicyclic amines) is 1. The fourth-order valence-electron chi connectivity index (χ4n) is 3.05. The molecule has 0 saturated carbocycles. The number of hydrogen-bond acceptors (Lipinski definition) is 3. The van der Waals surface area contributed by atoms with Gasteiger partial charge in [0, 0.05) is 35.3 Å². The Labute approximate surface area is 134 Å². The van der Waals surface area contributed by atoms with E-state index in [0.29, 0.717) is 11.7 Å². The average Bonchev–Trinajstić information content (AvgIpc) is 3.00. The first kappa shape index (κ1) is 15.4. The molecule has 2 atom stereocenters. The highest BCUT2D eigenvalue weighted by molar-refractivity contribution is 7.85. The van der Waals surface area contributed by atoms with Crippen molar-refractivity contribution < 1.29 is 4.21 Å². The molecule has 3 rings (SSSR count). The second kappa shape index (κ2) is 7.20. The number of benzene rings is 1. The predicted molar refractivity (Wildman–Crippen MR) is 89.5 cm³/mol. The highest BCUT2D eigenvalue weighted by atomic mass is 32.2. The molecule has 0 radical (unpaired) electrons. The van der Waals surface area contributed by atoms with Crippen molar-refractivity contribution in [2.75, 3.05) is 25.4 Å². The Hall–Kier alpha value is -1.46. The lowest BCUT2D eigenvalue weighted by molar-refractivity contribution is 0.217. The summed E-state index contributed by atoms with van der Waals surface area (Å²) < 4.78 is 12.3. The second-order valence-corrected chi connectivity index (χ2v) is 7.55. The number of hydrogen-bond donors (Lipinski definition) is 1. The molecule has 22 heavy (non-hydrogen) atoms. The van der Waals surface area contributed by atoms with Gasteiger partial charge in [-0.25, -0.2) is 0 Å². The van der Waals surface area contributed by atoms with Gasteiger partial charge in [-0.05, 0) is 44.5 Å². The van der Waals surface area contributed by atoms with E-state index >= 15 is 0 Å². The minimum Gasteiger partial charge on any atom is -0.302 e. The molecule has 1 aromatic carbocycles. The van der Waals surface area contributed by atoms with E-state index in [1.54, 1.807) is 0 Å². The summed E-state index contributed by atoms with van der Waals surface area (Å²) in [6, 6.07) is 11.9. The Kier molecular flexibility index (Phi) is 5.05. The Bertz CT molecular complexity index is 626. The zero-order valence-electron chi connectivity index (χ0n) is 13.0. The SMILES string of the molecule is Cc1cc([C@H]2CCCN(CC[S@@](=O)c3ccccc3)C2)n[nH]1. The van der Waals surface area contributed by atoms with Gasteiger partial charge in [-0.15, -0.1) is 0 Å². The van der Waals surface area contributed by atoms with E-state index < -0.39 is 10.8 Å². The van der Waals surface area contributed by atoms with E-state index in [4.69, 9.17) is 0 Å². The molecule has 0 unspecified atom stereocenters. The van der Waals surface area contributed by atoms with Crippen molar-refractivity contribution in [3.05, 3.63) is 47.8 Å². The van der Waals surface area contributed by atoms with Gasteiger partial charge in [0.2, 0.25) is 0 Å². The van der Waals surface area contributed by atoms with Crippen LogP contribution in [0.4, 0.5) is 0 Å². The van der Waals surface area contributed by atoms with Gasteiger partial charge < -0.3 is 4.90 Å². The van der Waals surface area contributed by atoms with Gasteiger partial charge in [0.1, 0.15) is 0 Å². The van der Waals surface area contributed by atoms with Crippen LogP contribution in [0.3, 0.4) is 0 Å². The quantitative estimate of drug-likeness (QED) is 0.922. The Balaban J connectivity index is 1.53. The summed E-state index contributed by atoms with van der Waals surface area (Å²) in [4.78, 5) is 3.36. The van der Waals surface area contributed by atoms with Crippen LogP contribution in [-0.2, 0) is 10.8 Å². The molecule has 2 heterocycles. The van der Waals surface area contributed by atoms with E-state index in [-0.39, 0.29) is 0 Å². The molecule has 2 aromatic rings. The molecule has 1 aromatic heterocycles. The first-order chi connectivity index (χ1) is 10.7. The maximum absolute atomic E-state index is 12.3. The number of nitrogens with one attached hydrogen (secondary N) is 1. The third-order valence-electron chi connectivity index (χ3n) is 4.25. The van der Waals surface area contributed by atoms with Crippen LogP contribution in [0.1, 0.15) is 30.1 Å². The molecule has 1 aliphatic heterocycles. The monoisotopic (exact) mass is 317 g/mol. The van der Waals surface area contributed by atoms with Crippen molar-refractivity contribution in [3.8, 4) is 0 Å². The van der Waals surface area contributed by atoms with Crippen molar-refractivity contribution in [1.29, 1.82) is 0 Å². The maximum Gasteiger partial charge on any atom is 0.0668 e. The topological polar surface area (TPSA) is 49.0 Å². The summed E-state index contributed by atoms with van der Waals surface area (Å²) in [5.41, 5.74) is 2.30. The van der Waals surface area contributed by atoms with Crippen LogP contribution in [-0.4, -0.2) is 44.7 Å². The zero-order valence-corrected chi connectivity index (χ0v) is 13.8. The van der Waals surface area contributed by atoms with E-state index in [2.05, 4.69) is 21.2 Å². The number of H-pyrrole nitrogens is 1. The van der Waals surface area contributed by atoms with Gasteiger partial charge in [0.25, 0.3) is 0 Å². The molecule has 1 N–H and O–H groups in total. The number of aromatic amines is 1. The van der Waals surface area contributed by atoms with Gasteiger partial charge in [0.15, 0.2) is 0 Å². The van der Waals surface area contributed by atoms with Gasteiger partial charge in [-0.2, -0.15) is 5.10 Å². The summed E-state index contributed by atoms with van der Waals surface area (Å²) in [5.74, 6) is 1.21. The molecule has 4 nitrogen and oxygen atoms in total. The van der Waals surface area contributed by atoms with Crippen molar-refractivity contribution in [2.45, 2.75) is 30.6 Å². The van der Waals surface area contributed by atoms with Gasteiger partial charge in [-0.3, -0.25) is 9.31 Å². The third kappa shape index (κ3) is 3.84. The zero-order chi connectivity index (χ0) is 15.4. The minimum absolute atomic E-state index is 0.504. The van der Waals surface area contributed by atoms with Crippen molar-refractivity contribution >= 4 is 10.8 Å². The number of piperidine rings is 1. The summed E-state index contributed by atoms with van der Waals surface area (Å²) >= 11 is 0. The lowest BCUT2D eigenvalue weighted by atomic mass is 9.95. The molecular formula is C17H23N3OS. The van der Waals surface area contributed by atoms with Crippen LogP contribution >= 0.6 is 0 Å². The average molecular weight is 317 g/mol. The molecule has 118 valence electrons. The number of aromatic nitrogens is 2. The molecule has 0 bridgehead atoms. The van der Waals surface area contributed by atoms with Gasteiger partial charge >= 0.3 is 0 Å². The molecular weight excluding hydrogens is 294 g/mol. The normalized spacial score (nSPS) is 20.9. The Morgan fingerprint density at radius 3 is 2.91 bits per heavy atom. The standard InChI is InChI=1S/C17H23N3OS/c1-14-12-17(19-18-14)15-6-5-9-20(13-15)10-11-22(21)16-7-3-2-4-8-16/h2-4,7-8,12,15H,5-6,9-11,13H2,1H3,(H,18,19)/t15-,22+/m0/s1. The summed E-state index contributed by atoms with van der Waals surface area (Å²) in [6.07, 6.45) is 2.39. The molecule has 5 heteroatoms. The van der Waals surface area contributed by atoms with Gasteiger partial charge in [0.05, 0.1) is 16.5 Å². The fraction of sp³-hybridized carbons (Fsp3) is 0.471. The smallest absolute Gasteiger partial charge is 0.0668 e. The minimum atomic E-state index is -0.900. The van der Waals surface area contributed by atoms with Crippen LogP contribution in [0.15, 0.2) is 41.3 Å². The number of aryl methyl sites for hydroxylation is 1. The van der Waals surface area contributed by atoms with Crippen molar-refractivity contribution in [2.24, 2.45) is 0 Å². The predicted octanol–water partition coefficient (Wildman–Crippen LogP) is 2.71. The second-order valence-electron chi connectivity index (χ2n) is 5.98. The molecule has 1 saturated heterocycles. The van der Waals surface area contributed by atoms with Crippen LogP contribution in [0.5, 0.6) is 0 Å². The summed E-state index contributed by atoms with van der Waals surface area (Å²) in [5, 5.41) is 7.44. The van der Waals surface area contributed by atoms with Crippen molar-refractivity contribution in [3.63, 3.8) is 0 Å². The van der Waals surface area contributed by atoms with Crippen LogP contribution in [0.2, 0.25) is 0 Å². The molecule has 0 amide bonds. The highest BCUT2D eigenvalue weighted by Crippen LogP contribution is 2.25. The van der Waals surface area contributed by atoms with Gasteiger partial charge in [-0.1, -0.05) is 18.2 Å². The molecule has 0 aliphatic carbocycles. The summed E-state index contributed by atoms with van der Waals surface area (Å²) in [7, 11) is -0.900. The molecule has 1 fully saturated rings. The van der Waals surface area contributed by atoms with Crippen LogP contribution in [0, 0.1) is 6.92 Å². The van der Waals surface area contributed by atoms with Crippen LogP contribution < -0.4 is 0 Å². The highest BCUT2D eigenvalue weighted by Gasteiger charge is 2.23. The van der Waals surface area contributed by atoms with Crippen molar-refractivity contribution in [1.82, 2.24) is 15.1 Å². The van der Waals surface area contributed by atoms with E-state index in [1.165, 1.54) is 18.5 Å². The first-order valence-corrected chi connectivity index (χ1v) is 9.22. The Morgan fingerprint density at radius 1 is 1.36 bits per heavy atom. The number of rotatable bonds is 5. The molecule has 0 spiro atoms. The van der Waals surface area contributed by atoms with E-state index in [0.717, 1.165) is 30.2 Å². The van der Waals surface area contributed by atoms with E-state index in [1.807, 2.05) is 37.3 Å². The van der Waals surface area contributed by atoms with Crippen LogP contribution in [0.25, 0.3) is 0 Å². The molecule has 1 aliphatic rings. The lowest BCUT2D eigenvalue weighted by Gasteiger charge is -2.31. The third-order valence-corrected chi connectivity index (χ3v) is 5.60. The summed E-state index contributed by atoms with van der Waals surface area (Å²) in [6.45, 7) is 5.06. The first-order valence-electron chi connectivity index (χ1n) is 7.90. The lowest BCUT2D eigenvalue weighted by Crippen LogP contribution is -2.37. The Morgan fingerprint density at radius 2 is 2.18 bits per heavy atom. The largest absolute Gasteiger partial charge is 0.302 e.